The van der Waals surface area contributed by atoms with Gasteiger partial charge in [0.25, 0.3) is 11.6 Å². The van der Waals surface area contributed by atoms with Gasteiger partial charge >= 0.3 is 5.97 Å². The fourth-order valence-corrected chi connectivity index (χ4v) is 5.19. The number of fused-ring (bicyclic) bond motifs is 3. The van der Waals surface area contributed by atoms with Crippen molar-refractivity contribution in [3.05, 3.63) is 22.5 Å². The van der Waals surface area contributed by atoms with Crippen molar-refractivity contribution in [2.45, 2.75) is 51.1 Å². The molecule has 0 saturated carbocycles. The molecule has 4 heterocycles. The Bertz CT molecular complexity index is 953. The Balaban J connectivity index is 1.52. The highest BCUT2D eigenvalue weighted by Gasteiger charge is 2.46. The van der Waals surface area contributed by atoms with Gasteiger partial charge in [-0.15, -0.1) is 0 Å². The number of rotatable bonds is 3. The first-order valence-electron chi connectivity index (χ1n) is 9.59. The molecule has 1 aliphatic carbocycles. The van der Waals surface area contributed by atoms with Gasteiger partial charge in [0, 0.05) is 30.9 Å². The third-order valence-electron chi connectivity index (χ3n) is 6.33. The summed E-state index contributed by atoms with van der Waals surface area (Å²) in [5.74, 6) is -0.786. The number of carbonyl (C=O) groups is 2. The topological polar surface area (TPSA) is 99.8 Å². The van der Waals surface area contributed by atoms with E-state index >= 15 is 0 Å². The first kappa shape index (κ1) is 16.7. The van der Waals surface area contributed by atoms with Crippen LogP contribution in [0.15, 0.2) is 4.52 Å². The van der Waals surface area contributed by atoms with Gasteiger partial charge in [-0.25, -0.2) is 4.98 Å². The van der Waals surface area contributed by atoms with E-state index in [4.69, 9.17) is 9.63 Å². The molecule has 0 bridgehead atoms. The maximum absolute atomic E-state index is 13.6. The van der Waals surface area contributed by atoms with Gasteiger partial charge in [0.2, 0.25) is 0 Å². The highest BCUT2D eigenvalue weighted by atomic mass is 16.5. The largest absolute Gasteiger partial charge is 0.480 e. The van der Waals surface area contributed by atoms with E-state index in [0.29, 0.717) is 23.5 Å². The molecule has 8 heteroatoms. The minimum atomic E-state index is -0.811. The van der Waals surface area contributed by atoms with E-state index in [2.05, 4.69) is 10.1 Å². The van der Waals surface area contributed by atoms with Gasteiger partial charge in [-0.2, -0.15) is 0 Å². The van der Waals surface area contributed by atoms with Crippen LogP contribution in [0.2, 0.25) is 0 Å². The van der Waals surface area contributed by atoms with Crippen LogP contribution < -0.4 is 0 Å². The number of hydrogen-bond donors (Lipinski definition) is 1. The van der Waals surface area contributed by atoms with Crippen LogP contribution in [0.5, 0.6) is 0 Å². The van der Waals surface area contributed by atoms with E-state index in [0.717, 1.165) is 55.3 Å². The van der Waals surface area contributed by atoms with Crippen LogP contribution in [0.1, 0.15) is 46.6 Å². The van der Waals surface area contributed by atoms with Gasteiger partial charge in [0.15, 0.2) is 0 Å². The standard InChI is InChI=1S/C19H22N4O4/c1-10-16-17(11-3-2-4-12(11)20-18(16)27-21-10)19(26)23-8-6-13-14(23)5-7-22(13)9-15(24)25/h13-14H,2-9H2,1H3,(H,24,25)/t13-,14-/m0/s1. The Morgan fingerprint density at radius 1 is 1.22 bits per heavy atom. The molecular formula is C19H22N4O4. The minimum Gasteiger partial charge on any atom is -0.480 e. The first-order chi connectivity index (χ1) is 13.0. The van der Waals surface area contributed by atoms with Crippen molar-refractivity contribution in [3.63, 3.8) is 0 Å². The molecule has 2 aromatic rings. The summed E-state index contributed by atoms with van der Waals surface area (Å²) in [5.41, 5.74) is 3.86. The number of carbonyl (C=O) groups excluding carboxylic acids is 1. The lowest BCUT2D eigenvalue weighted by atomic mass is 10.0. The SMILES string of the molecule is Cc1noc2nc3c(c(C(=O)N4CC[C@H]5[C@@H]4CCN5CC(=O)O)c12)CCC3. The van der Waals surface area contributed by atoms with Crippen molar-refractivity contribution in [1.29, 1.82) is 0 Å². The highest BCUT2D eigenvalue weighted by molar-refractivity contribution is 6.08. The zero-order valence-corrected chi connectivity index (χ0v) is 15.3. The van der Waals surface area contributed by atoms with Crippen molar-refractivity contribution in [1.82, 2.24) is 19.9 Å². The zero-order valence-electron chi connectivity index (χ0n) is 15.3. The summed E-state index contributed by atoms with van der Waals surface area (Å²) < 4.78 is 5.37. The smallest absolute Gasteiger partial charge is 0.317 e. The van der Waals surface area contributed by atoms with Crippen molar-refractivity contribution in [3.8, 4) is 0 Å². The third-order valence-corrected chi connectivity index (χ3v) is 6.33. The van der Waals surface area contributed by atoms with E-state index in [1.54, 1.807) is 0 Å². The van der Waals surface area contributed by atoms with Crippen LogP contribution in [0.3, 0.4) is 0 Å². The number of nitrogens with zero attached hydrogens (tertiary/aromatic N) is 4. The fraction of sp³-hybridized carbons (Fsp3) is 0.579. The van der Waals surface area contributed by atoms with Crippen molar-refractivity contribution < 1.29 is 19.2 Å². The molecule has 0 unspecified atom stereocenters. The van der Waals surface area contributed by atoms with Crippen LogP contribution in [0, 0.1) is 6.92 Å². The fourth-order valence-electron chi connectivity index (χ4n) is 5.19. The molecule has 2 aliphatic heterocycles. The number of carboxylic acid groups (broad SMARTS) is 1. The summed E-state index contributed by atoms with van der Waals surface area (Å²) >= 11 is 0. The zero-order chi connectivity index (χ0) is 18.7. The van der Waals surface area contributed by atoms with Gasteiger partial charge in [0.1, 0.15) is 0 Å². The average molecular weight is 370 g/mol. The molecule has 2 fully saturated rings. The molecule has 142 valence electrons. The van der Waals surface area contributed by atoms with E-state index < -0.39 is 5.97 Å². The Morgan fingerprint density at radius 3 is 2.85 bits per heavy atom. The molecule has 1 N–H and O–H groups in total. The van der Waals surface area contributed by atoms with E-state index in [-0.39, 0.29) is 24.5 Å². The molecule has 2 saturated heterocycles. The van der Waals surface area contributed by atoms with Gasteiger partial charge in [-0.3, -0.25) is 14.5 Å². The normalized spacial score (nSPS) is 24.6. The van der Waals surface area contributed by atoms with Crippen molar-refractivity contribution >= 4 is 23.0 Å². The summed E-state index contributed by atoms with van der Waals surface area (Å²) in [6.07, 6.45) is 4.37. The number of amides is 1. The predicted molar refractivity (Wildman–Crippen MR) is 95.6 cm³/mol. The van der Waals surface area contributed by atoms with Gasteiger partial charge < -0.3 is 14.5 Å². The minimum absolute atomic E-state index is 0.0246. The molecular weight excluding hydrogens is 348 g/mol. The lowest BCUT2D eigenvalue weighted by Gasteiger charge is -2.26. The molecule has 8 nitrogen and oxygen atoms in total. The van der Waals surface area contributed by atoms with Gasteiger partial charge in [-0.1, -0.05) is 5.16 Å². The lowest BCUT2D eigenvalue weighted by molar-refractivity contribution is -0.138. The number of pyridine rings is 1. The van der Waals surface area contributed by atoms with Crippen molar-refractivity contribution in [2.75, 3.05) is 19.6 Å². The number of carboxylic acids is 1. The summed E-state index contributed by atoms with van der Waals surface area (Å²) in [7, 11) is 0. The molecule has 2 atom stereocenters. The summed E-state index contributed by atoms with van der Waals surface area (Å²) in [6.45, 7) is 3.28. The third kappa shape index (κ3) is 2.46. The Morgan fingerprint density at radius 2 is 2.04 bits per heavy atom. The monoisotopic (exact) mass is 370 g/mol. The molecule has 27 heavy (non-hydrogen) atoms. The van der Waals surface area contributed by atoms with E-state index in [1.165, 1.54) is 0 Å². The summed E-state index contributed by atoms with van der Waals surface area (Å²) in [4.78, 5) is 33.3. The molecule has 3 aliphatic rings. The first-order valence-corrected chi connectivity index (χ1v) is 9.59. The van der Waals surface area contributed by atoms with Gasteiger partial charge in [0.05, 0.1) is 23.2 Å². The average Bonchev–Trinajstić information content (AvgIpc) is 3.38. The van der Waals surface area contributed by atoms with Crippen molar-refractivity contribution in [2.24, 2.45) is 0 Å². The van der Waals surface area contributed by atoms with E-state index in [9.17, 15) is 9.59 Å². The Hall–Kier alpha value is -2.48. The predicted octanol–water partition coefficient (Wildman–Crippen LogP) is 1.39. The summed E-state index contributed by atoms with van der Waals surface area (Å²) in [6, 6.07) is 0.219. The maximum Gasteiger partial charge on any atom is 0.317 e. The van der Waals surface area contributed by atoms with Crippen LogP contribution in [0.25, 0.3) is 11.1 Å². The number of aromatic nitrogens is 2. The maximum atomic E-state index is 13.6. The quantitative estimate of drug-likeness (QED) is 0.871. The molecule has 0 aromatic carbocycles. The summed E-state index contributed by atoms with van der Waals surface area (Å²) in [5, 5.41) is 13.9. The molecule has 0 radical (unpaired) electrons. The van der Waals surface area contributed by atoms with E-state index in [1.807, 2.05) is 16.7 Å². The second-order valence-electron chi connectivity index (χ2n) is 7.79. The molecule has 5 rings (SSSR count). The second kappa shape index (κ2) is 6.02. The number of likely N-dealkylation sites (tertiary alicyclic amines) is 2. The van der Waals surface area contributed by atoms with Crippen LogP contribution in [0.4, 0.5) is 0 Å². The number of aryl methyl sites for hydroxylation is 2. The number of hydrogen-bond acceptors (Lipinski definition) is 6. The Labute approximate surface area is 156 Å². The molecule has 0 spiro atoms. The highest BCUT2D eigenvalue weighted by Crippen LogP contribution is 2.37. The van der Waals surface area contributed by atoms with Crippen LogP contribution in [-0.4, -0.2) is 68.6 Å². The van der Waals surface area contributed by atoms with Crippen LogP contribution in [-0.2, 0) is 17.6 Å². The number of aliphatic carboxylic acids is 1. The van der Waals surface area contributed by atoms with Crippen LogP contribution >= 0.6 is 0 Å². The lowest BCUT2D eigenvalue weighted by Crippen LogP contribution is -2.41. The molecule has 2 aromatic heterocycles. The molecule has 1 amide bonds. The Kier molecular flexibility index (Phi) is 3.72. The second-order valence-corrected chi connectivity index (χ2v) is 7.79. The van der Waals surface area contributed by atoms with Gasteiger partial charge in [-0.05, 0) is 44.6 Å².